The zero-order valence-corrected chi connectivity index (χ0v) is 51.4. The van der Waals surface area contributed by atoms with Gasteiger partial charge < -0.3 is 4.52 Å². The van der Waals surface area contributed by atoms with Gasteiger partial charge in [0, 0.05) is 36.3 Å². The molecule has 1 atom stereocenters. The minimum atomic E-state index is -6.13. The van der Waals surface area contributed by atoms with Crippen molar-refractivity contribution in [2.75, 3.05) is 0 Å². The van der Waals surface area contributed by atoms with Crippen LogP contribution in [0.15, 0.2) is 176 Å². The van der Waals surface area contributed by atoms with Gasteiger partial charge in [-0.2, -0.15) is 127 Å². The van der Waals surface area contributed by atoms with Crippen LogP contribution >= 0.6 is 8.15 Å². The van der Waals surface area contributed by atoms with E-state index in [1.807, 2.05) is 6.07 Å². The molecule has 1 aromatic heterocycles. The molecule has 0 saturated heterocycles. The molecule has 29 heteroatoms. The number of benzene rings is 7. The van der Waals surface area contributed by atoms with Crippen molar-refractivity contribution in [1.82, 2.24) is 4.98 Å². The van der Waals surface area contributed by atoms with Crippen LogP contribution in [0.2, 0.25) is 0 Å². The summed E-state index contributed by atoms with van der Waals surface area (Å²) in [7, 11) is -0.890. The van der Waals surface area contributed by atoms with E-state index in [2.05, 4.69) is 123 Å². The summed E-state index contributed by atoms with van der Waals surface area (Å²) in [6.45, 7) is 0. The normalized spacial score (nSPS) is 15.3. The Bertz CT molecular complexity index is 3360. The van der Waals surface area contributed by atoms with Gasteiger partial charge >= 0.3 is 49.4 Å². The topological polar surface area (TPSA) is 22.1 Å². The van der Waals surface area contributed by atoms with E-state index in [4.69, 9.17) is 9.51 Å². The van der Waals surface area contributed by atoms with Gasteiger partial charge in [0.05, 0.1) is 64.0 Å². The van der Waals surface area contributed by atoms with Gasteiger partial charge in [-0.05, 0) is 100 Å². The first-order valence-corrected chi connectivity index (χ1v) is 29.2. The molecule has 2 aliphatic rings. The zero-order valence-electron chi connectivity index (χ0n) is 48.2. The first-order chi connectivity index (χ1) is 43.6. The number of aryl methyl sites for hydroxylation is 1. The van der Waals surface area contributed by atoms with Crippen molar-refractivity contribution in [2.24, 2.45) is 0 Å². The average molecular weight is 1560 g/mol. The van der Waals surface area contributed by atoms with E-state index in [1.54, 1.807) is 0 Å². The molecule has 95 heavy (non-hydrogen) atoms. The van der Waals surface area contributed by atoms with Crippen LogP contribution in [0, 0.1) is 25.7 Å². The molecule has 5 radical (unpaired) electrons. The number of aromatic nitrogens is 1. The van der Waals surface area contributed by atoms with Gasteiger partial charge in [-0.25, -0.2) is 4.98 Å². The minimum Gasteiger partial charge on any atom is -0.340 e. The third kappa shape index (κ3) is 18.8. The Kier molecular flexibility index (Phi) is 23.4. The predicted octanol–water partition coefficient (Wildman–Crippen LogP) is 19.4. The molecular formula is C66H46BF24IrNOP-. The Morgan fingerprint density at radius 3 is 0.863 bits per heavy atom. The number of rotatable bonds is 9. The monoisotopic (exact) mass is 1560 g/mol. The minimum absolute atomic E-state index is 0. The SMILES string of the molecule is FC(F)(F)c1cc([B-](c2cc(C(F)(F)F)cc(C(F)(F)F)c2)(c2cc(C(F)(F)F)cc(C(F)(F)F)c2)c2cc(C(F)(F)F)cc(C(F)(F)F)c2)cc(C(F)(F)F)c1.[CH]1[CH]CC[CH][CH]CC1.[Ir].c1ccc(-c2ccc3c(n2)[C@@H](OP(c2ccccc2)c2ccccc2)CC3)cc1. The largest absolute Gasteiger partial charge is 0.416 e. The standard InChI is InChI=1S/C32H12BF24.C26H22NOP.C8H12.Ir/c34-25(35,36)13-1-14(26(37,38)39)6-21(5-13)33(22-7-15(27(40,41)42)2-16(8-22)28(43,44)45,23-9-17(29(46,47)48)3-18(10-23)30(49,50)51)24-11-19(31(52,53)54)4-20(12-24)32(55,56)57;1-4-10-20(11-5-1)24-18-16-21-17-19-25(26(21)27-24)28-29(22-12-6-2-7-13-22)23-14-8-3-9-15-23;1-2-4-6-8-7-5-3-1;/h1-12H;1-16,18,25H,17,19H2;1-2,7-8H,3-6H2;/q-1;;;/t;25-;;/m.0../s1. The number of hydrogen-bond donors (Lipinski definition) is 0. The third-order valence-electron chi connectivity index (χ3n) is 15.1. The molecule has 1 fully saturated rings. The number of fused-ring (bicyclic) bond motifs is 1. The van der Waals surface area contributed by atoms with Crippen LogP contribution in [0.3, 0.4) is 0 Å². The van der Waals surface area contributed by atoms with Crippen LogP contribution in [0.1, 0.15) is 94.0 Å². The average Bonchev–Trinajstić information content (AvgIpc) is 0.985. The smallest absolute Gasteiger partial charge is 0.340 e. The summed E-state index contributed by atoms with van der Waals surface area (Å²) in [5, 5.41) is 2.47. The molecule has 2 nitrogen and oxygen atoms in total. The molecule has 0 spiro atoms. The second-order valence-electron chi connectivity index (χ2n) is 21.5. The summed E-state index contributed by atoms with van der Waals surface area (Å²) < 4.78 is 348. The molecule has 0 aliphatic heterocycles. The molecule has 0 amide bonds. The third-order valence-corrected chi connectivity index (χ3v) is 17.0. The molecule has 0 N–H and O–H groups in total. The molecule has 507 valence electrons. The summed E-state index contributed by atoms with van der Waals surface area (Å²) in [4.78, 5) is 5.03. The molecule has 7 aromatic carbocycles. The number of alkyl halides is 24. The first kappa shape index (κ1) is 75.5. The fourth-order valence-electron chi connectivity index (χ4n) is 10.7. The Morgan fingerprint density at radius 1 is 0.337 bits per heavy atom. The first-order valence-electron chi connectivity index (χ1n) is 27.9. The quantitative estimate of drug-likeness (QED) is 0.0816. The fourth-order valence-corrected chi connectivity index (χ4v) is 12.6. The van der Waals surface area contributed by atoms with Crippen molar-refractivity contribution in [3.8, 4) is 11.3 Å². The van der Waals surface area contributed by atoms with Gasteiger partial charge in [-0.1, -0.05) is 146 Å². The van der Waals surface area contributed by atoms with E-state index in [1.165, 1.54) is 41.9 Å². The maximum absolute atomic E-state index is 14.2. The van der Waals surface area contributed by atoms with E-state index in [0.29, 0.717) is 0 Å². The second kappa shape index (κ2) is 29.4. The number of nitrogens with zero attached hydrogens (tertiary/aromatic N) is 1. The van der Waals surface area contributed by atoms with E-state index in [-0.39, 0.29) is 26.2 Å². The van der Waals surface area contributed by atoms with Crippen LogP contribution in [-0.4, -0.2) is 11.1 Å². The van der Waals surface area contributed by atoms with Crippen LogP contribution < -0.4 is 32.5 Å². The van der Waals surface area contributed by atoms with Crippen molar-refractivity contribution in [3.63, 3.8) is 0 Å². The summed E-state index contributed by atoms with van der Waals surface area (Å²) in [5.74, 6) is 0. The molecule has 0 unspecified atom stereocenters. The van der Waals surface area contributed by atoms with Crippen molar-refractivity contribution >= 4 is 46.8 Å². The van der Waals surface area contributed by atoms with E-state index >= 15 is 0 Å². The molecule has 8 aromatic rings. The second-order valence-corrected chi connectivity index (χ2v) is 23.4. The Hall–Kier alpha value is -6.89. The zero-order chi connectivity index (χ0) is 69.0. The fraction of sp³-hybridized carbons (Fsp3) is 0.227. The number of halogens is 24. The Morgan fingerprint density at radius 2 is 0.600 bits per heavy atom. The van der Waals surface area contributed by atoms with Gasteiger partial charge in [-0.15, -0.1) is 0 Å². The maximum Gasteiger partial charge on any atom is 0.416 e. The van der Waals surface area contributed by atoms with Crippen LogP contribution in [0.25, 0.3) is 11.3 Å². The predicted molar refractivity (Wildman–Crippen MR) is 307 cm³/mol. The number of hydrogen-bond acceptors (Lipinski definition) is 2. The Labute approximate surface area is 542 Å². The molecule has 1 saturated carbocycles. The van der Waals surface area contributed by atoms with E-state index in [9.17, 15) is 105 Å². The van der Waals surface area contributed by atoms with Crippen molar-refractivity contribution < 1.29 is 130 Å². The number of pyridine rings is 1. The molecule has 10 rings (SSSR count). The summed E-state index contributed by atoms with van der Waals surface area (Å²) >= 11 is 0. The maximum atomic E-state index is 14.2. The summed E-state index contributed by atoms with van der Waals surface area (Å²) in [6.07, 6.45) is -38.8. The van der Waals surface area contributed by atoms with Crippen LogP contribution in [0.4, 0.5) is 105 Å². The molecule has 2 aliphatic carbocycles. The van der Waals surface area contributed by atoms with Crippen molar-refractivity contribution in [1.29, 1.82) is 0 Å². The van der Waals surface area contributed by atoms with Gasteiger partial charge in [0.25, 0.3) is 0 Å². The van der Waals surface area contributed by atoms with Gasteiger partial charge in [0.1, 0.15) is 12.2 Å². The van der Waals surface area contributed by atoms with Gasteiger partial charge in [-0.3, -0.25) is 0 Å². The summed E-state index contributed by atoms with van der Waals surface area (Å²) in [6, 6.07) is 27.1. The van der Waals surface area contributed by atoms with E-state index in [0.717, 1.165) is 29.8 Å². The molecule has 0 bridgehead atoms. The van der Waals surface area contributed by atoms with Gasteiger partial charge in [0.15, 0.2) is 0 Å². The van der Waals surface area contributed by atoms with Crippen molar-refractivity contribution in [2.45, 2.75) is 94.0 Å². The van der Waals surface area contributed by atoms with Crippen LogP contribution in [-0.2, 0) is 80.5 Å². The molecule has 1 heterocycles. The van der Waals surface area contributed by atoms with Gasteiger partial charge in [0.2, 0.25) is 0 Å². The Balaban J connectivity index is 0.000000274. The van der Waals surface area contributed by atoms with Crippen molar-refractivity contribution in [3.05, 3.63) is 257 Å². The van der Waals surface area contributed by atoms with E-state index < -0.39 is 203 Å². The van der Waals surface area contributed by atoms with Crippen LogP contribution in [0.5, 0.6) is 0 Å². The summed E-state index contributed by atoms with van der Waals surface area (Å²) in [5.41, 5.74) is -25.6. The molecular weight excluding hydrogens is 1510 g/mol.